The summed E-state index contributed by atoms with van der Waals surface area (Å²) < 4.78 is 13.1. The molecule has 2 fully saturated rings. The molecule has 0 aromatic heterocycles. The Labute approximate surface area is 152 Å². The standard InChI is InChI=1S/C19H24FN3O3/c20-14-8-6-13(7-9-14)12-23(15-4-2-1-3-5-15)17(24)11-10-16-18(25)22-19(26)21-16/h6-9,15-16H,1-5,10-12H2,(H2,21,22,25,26)/t16-/m0/s1. The zero-order valence-electron chi connectivity index (χ0n) is 14.7. The van der Waals surface area contributed by atoms with Gasteiger partial charge in [0, 0.05) is 19.0 Å². The van der Waals surface area contributed by atoms with Crippen LogP contribution in [0.2, 0.25) is 0 Å². The van der Waals surface area contributed by atoms with Crippen LogP contribution in [-0.4, -0.2) is 34.8 Å². The third-order valence-corrected chi connectivity index (χ3v) is 5.11. The molecule has 6 nitrogen and oxygen atoms in total. The molecule has 0 bridgehead atoms. The molecule has 1 aromatic rings. The number of halogens is 1. The fraction of sp³-hybridized carbons (Fsp3) is 0.526. The third kappa shape index (κ3) is 4.59. The second-order valence-electron chi connectivity index (χ2n) is 6.99. The highest BCUT2D eigenvalue weighted by atomic mass is 19.1. The molecule has 0 unspecified atom stereocenters. The molecule has 0 radical (unpaired) electrons. The first-order chi connectivity index (χ1) is 12.5. The Hall–Kier alpha value is -2.44. The van der Waals surface area contributed by atoms with Gasteiger partial charge in [-0.05, 0) is 37.0 Å². The van der Waals surface area contributed by atoms with Crippen LogP contribution in [0.3, 0.4) is 0 Å². The molecule has 2 N–H and O–H groups in total. The number of urea groups is 1. The molecule has 1 atom stereocenters. The fourth-order valence-electron chi connectivity index (χ4n) is 3.67. The Kier molecular flexibility index (Phi) is 5.85. The van der Waals surface area contributed by atoms with Crippen LogP contribution in [0.4, 0.5) is 9.18 Å². The quantitative estimate of drug-likeness (QED) is 0.764. The van der Waals surface area contributed by atoms with E-state index >= 15 is 0 Å². The van der Waals surface area contributed by atoms with Gasteiger partial charge < -0.3 is 10.2 Å². The minimum Gasteiger partial charge on any atom is -0.335 e. The molecule has 2 aliphatic rings. The summed E-state index contributed by atoms with van der Waals surface area (Å²) in [4.78, 5) is 37.6. The average Bonchev–Trinajstić information content (AvgIpc) is 2.97. The van der Waals surface area contributed by atoms with Crippen molar-refractivity contribution in [1.29, 1.82) is 0 Å². The first-order valence-corrected chi connectivity index (χ1v) is 9.18. The Bertz CT molecular complexity index is 671. The van der Waals surface area contributed by atoms with E-state index in [9.17, 15) is 18.8 Å². The van der Waals surface area contributed by atoms with Crippen molar-refractivity contribution in [2.45, 2.75) is 63.6 Å². The molecule has 1 aliphatic heterocycles. The number of hydrogen-bond acceptors (Lipinski definition) is 3. The molecule has 1 aliphatic carbocycles. The molecule has 3 rings (SSSR count). The predicted octanol–water partition coefficient (Wildman–Crippen LogP) is 2.48. The molecule has 7 heteroatoms. The largest absolute Gasteiger partial charge is 0.335 e. The lowest BCUT2D eigenvalue weighted by molar-refractivity contribution is -0.135. The first-order valence-electron chi connectivity index (χ1n) is 9.18. The topological polar surface area (TPSA) is 78.5 Å². The number of hydrogen-bond donors (Lipinski definition) is 2. The third-order valence-electron chi connectivity index (χ3n) is 5.11. The summed E-state index contributed by atoms with van der Waals surface area (Å²) >= 11 is 0. The van der Waals surface area contributed by atoms with E-state index in [4.69, 9.17) is 0 Å². The second-order valence-corrected chi connectivity index (χ2v) is 6.99. The summed E-state index contributed by atoms with van der Waals surface area (Å²) in [5, 5.41) is 4.70. The minimum absolute atomic E-state index is 0.0322. The van der Waals surface area contributed by atoms with Crippen LogP contribution in [0, 0.1) is 5.82 Å². The number of nitrogens with one attached hydrogen (secondary N) is 2. The number of nitrogens with zero attached hydrogens (tertiary/aromatic N) is 1. The molecule has 1 aromatic carbocycles. The lowest BCUT2D eigenvalue weighted by atomic mass is 9.93. The van der Waals surface area contributed by atoms with E-state index in [1.165, 1.54) is 18.6 Å². The van der Waals surface area contributed by atoms with Gasteiger partial charge in [-0.1, -0.05) is 31.4 Å². The maximum atomic E-state index is 13.1. The zero-order valence-corrected chi connectivity index (χ0v) is 14.7. The van der Waals surface area contributed by atoms with Gasteiger partial charge in [0.05, 0.1) is 0 Å². The molecule has 1 saturated heterocycles. The van der Waals surface area contributed by atoms with Gasteiger partial charge in [0.15, 0.2) is 0 Å². The van der Waals surface area contributed by atoms with Crippen molar-refractivity contribution < 1.29 is 18.8 Å². The maximum Gasteiger partial charge on any atom is 0.322 e. The van der Waals surface area contributed by atoms with Crippen molar-refractivity contribution in [2.24, 2.45) is 0 Å². The van der Waals surface area contributed by atoms with Gasteiger partial charge in [0.25, 0.3) is 5.91 Å². The number of carbonyl (C=O) groups excluding carboxylic acids is 3. The summed E-state index contributed by atoms with van der Waals surface area (Å²) in [5.74, 6) is -0.715. The van der Waals surface area contributed by atoms with Crippen LogP contribution in [0.25, 0.3) is 0 Å². The Balaban J connectivity index is 1.65. The zero-order chi connectivity index (χ0) is 18.5. The van der Waals surface area contributed by atoms with E-state index in [1.807, 2.05) is 4.90 Å². The summed E-state index contributed by atoms with van der Waals surface area (Å²) in [6.45, 7) is 0.438. The van der Waals surface area contributed by atoms with Crippen LogP contribution in [0.1, 0.15) is 50.5 Å². The normalized spacial score (nSPS) is 20.6. The van der Waals surface area contributed by atoms with Gasteiger partial charge in [-0.25, -0.2) is 9.18 Å². The highest BCUT2D eigenvalue weighted by molar-refractivity contribution is 6.04. The molecule has 0 spiro atoms. The van der Waals surface area contributed by atoms with Gasteiger partial charge in [-0.15, -0.1) is 0 Å². The van der Waals surface area contributed by atoms with Crippen LogP contribution < -0.4 is 10.6 Å². The van der Waals surface area contributed by atoms with Crippen LogP contribution in [-0.2, 0) is 16.1 Å². The summed E-state index contributed by atoms with van der Waals surface area (Å²) in [6, 6.07) is 5.21. The molecule has 1 saturated carbocycles. The first kappa shape index (κ1) is 18.4. The molecule has 140 valence electrons. The highest BCUT2D eigenvalue weighted by Crippen LogP contribution is 2.25. The summed E-state index contributed by atoms with van der Waals surface area (Å²) in [6.07, 6.45) is 5.78. The summed E-state index contributed by atoms with van der Waals surface area (Å²) in [7, 11) is 0. The van der Waals surface area contributed by atoms with E-state index in [2.05, 4.69) is 10.6 Å². The lowest BCUT2D eigenvalue weighted by Crippen LogP contribution is -2.41. The van der Waals surface area contributed by atoms with Crippen LogP contribution in [0.15, 0.2) is 24.3 Å². The van der Waals surface area contributed by atoms with Gasteiger partial charge >= 0.3 is 6.03 Å². The maximum absolute atomic E-state index is 13.1. The SMILES string of the molecule is O=C1NC(=O)[C@H](CCC(=O)N(Cc2ccc(F)cc2)C2CCCCC2)N1. The Morgan fingerprint density at radius 2 is 1.81 bits per heavy atom. The fourth-order valence-corrected chi connectivity index (χ4v) is 3.67. The number of rotatable bonds is 6. The van der Waals surface area contributed by atoms with Gasteiger partial charge in [0.2, 0.25) is 5.91 Å². The van der Waals surface area contributed by atoms with Crippen LogP contribution in [0.5, 0.6) is 0 Å². The smallest absolute Gasteiger partial charge is 0.322 e. The van der Waals surface area contributed by atoms with Gasteiger partial charge in [0.1, 0.15) is 11.9 Å². The molecule has 4 amide bonds. The number of carbonyl (C=O) groups is 3. The second kappa shape index (κ2) is 8.29. The Morgan fingerprint density at radius 3 is 2.42 bits per heavy atom. The van der Waals surface area contributed by atoms with Crippen molar-refractivity contribution in [1.82, 2.24) is 15.5 Å². The van der Waals surface area contributed by atoms with Gasteiger partial charge in [-0.2, -0.15) is 0 Å². The molecular weight excluding hydrogens is 337 g/mol. The average molecular weight is 361 g/mol. The minimum atomic E-state index is -0.648. The molecular formula is C19H24FN3O3. The number of benzene rings is 1. The van der Waals surface area contributed by atoms with E-state index < -0.39 is 12.1 Å². The monoisotopic (exact) mass is 361 g/mol. The van der Waals surface area contributed by atoms with Crippen LogP contribution >= 0.6 is 0 Å². The molecule has 1 heterocycles. The van der Waals surface area contributed by atoms with E-state index in [-0.39, 0.29) is 36.5 Å². The number of amides is 4. The van der Waals surface area contributed by atoms with E-state index in [0.29, 0.717) is 6.54 Å². The highest BCUT2D eigenvalue weighted by Gasteiger charge is 2.31. The van der Waals surface area contributed by atoms with Crippen molar-refractivity contribution in [3.63, 3.8) is 0 Å². The van der Waals surface area contributed by atoms with E-state index in [0.717, 1.165) is 31.2 Å². The van der Waals surface area contributed by atoms with Crippen molar-refractivity contribution in [3.8, 4) is 0 Å². The van der Waals surface area contributed by atoms with Crippen molar-refractivity contribution >= 4 is 17.8 Å². The Morgan fingerprint density at radius 1 is 1.12 bits per heavy atom. The van der Waals surface area contributed by atoms with E-state index in [1.54, 1.807) is 12.1 Å². The molecule has 26 heavy (non-hydrogen) atoms. The van der Waals surface area contributed by atoms with Crippen molar-refractivity contribution in [2.75, 3.05) is 0 Å². The predicted molar refractivity (Wildman–Crippen MR) is 93.5 cm³/mol. The lowest BCUT2D eigenvalue weighted by Gasteiger charge is -2.35. The van der Waals surface area contributed by atoms with Crippen molar-refractivity contribution in [3.05, 3.63) is 35.6 Å². The van der Waals surface area contributed by atoms with Gasteiger partial charge in [-0.3, -0.25) is 14.9 Å². The number of imide groups is 1. The summed E-state index contributed by atoms with van der Waals surface area (Å²) in [5.41, 5.74) is 0.886.